The number of piperazine rings is 1. The molecule has 0 unspecified atom stereocenters. The number of H-pyrrole nitrogens is 2. The molecule has 3 N–H and O–H groups in total. The Morgan fingerprint density at radius 2 is 1.85 bits per heavy atom. The van der Waals surface area contributed by atoms with E-state index >= 15 is 4.39 Å². The van der Waals surface area contributed by atoms with Crippen LogP contribution in [0.3, 0.4) is 0 Å². The van der Waals surface area contributed by atoms with Crippen LogP contribution in [0, 0.1) is 5.82 Å². The van der Waals surface area contributed by atoms with Crippen molar-refractivity contribution in [3.05, 3.63) is 84.6 Å². The van der Waals surface area contributed by atoms with Crippen LogP contribution < -0.4 is 10.2 Å². The van der Waals surface area contributed by atoms with Gasteiger partial charge in [-0.2, -0.15) is 5.10 Å². The van der Waals surface area contributed by atoms with Crippen molar-refractivity contribution >= 4 is 39.3 Å². The van der Waals surface area contributed by atoms with Crippen LogP contribution in [0.15, 0.2) is 73.2 Å². The van der Waals surface area contributed by atoms with Crippen LogP contribution in [0.4, 0.5) is 15.8 Å². The number of pyridine rings is 2. The first-order valence-corrected chi connectivity index (χ1v) is 13.3. The molecule has 0 saturated carbocycles. The number of amides is 1. The fourth-order valence-corrected chi connectivity index (χ4v) is 5.21. The molecule has 1 fully saturated rings. The first kappa shape index (κ1) is 24.9. The number of hydrogen-bond acceptors (Lipinski definition) is 7. The average Bonchev–Trinajstić information content (AvgIpc) is 3.61. The van der Waals surface area contributed by atoms with E-state index in [-0.39, 0.29) is 5.91 Å². The number of aromatic amines is 2. The topological polar surface area (TPSA) is 119 Å². The second-order valence-electron chi connectivity index (χ2n) is 10.1. The number of fused-ring (bicyclic) bond motifs is 2. The van der Waals surface area contributed by atoms with Gasteiger partial charge in [0.25, 0.3) is 5.91 Å². The maximum atomic E-state index is 15.3. The molecule has 0 radical (unpaired) electrons. The van der Waals surface area contributed by atoms with E-state index in [9.17, 15) is 4.79 Å². The average molecular weight is 548 g/mol. The highest BCUT2D eigenvalue weighted by Crippen LogP contribution is 2.34. The monoisotopic (exact) mass is 547 g/mol. The smallest absolute Gasteiger partial charge is 0.255 e. The van der Waals surface area contributed by atoms with Gasteiger partial charge in [-0.05, 0) is 37.4 Å². The molecule has 0 aliphatic carbocycles. The number of hydrogen-bond donors (Lipinski definition) is 3. The summed E-state index contributed by atoms with van der Waals surface area (Å²) in [6.07, 6.45) is 4.87. The molecule has 7 rings (SSSR count). The quantitative estimate of drug-likeness (QED) is 0.286. The van der Waals surface area contributed by atoms with E-state index in [0.717, 1.165) is 37.4 Å². The predicted octanol–water partition coefficient (Wildman–Crippen LogP) is 4.71. The summed E-state index contributed by atoms with van der Waals surface area (Å²) < 4.78 is 15.3. The van der Waals surface area contributed by atoms with Gasteiger partial charge in [0.2, 0.25) is 0 Å². The lowest BCUT2D eigenvalue weighted by Gasteiger charge is -2.34. The molecule has 0 bridgehead atoms. The van der Waals surface area contributed by atoms with Crippen LogP contribution in [0.5, 0.6) is 0 Å². The normalized spacial score (nSPS) is 14.1. The zero-order chi connectivity index (χ0) is 27.9. The third kappa shape index (κ3) is 4.66. The summed E-state index contributed by atoms with van der Waals surface area (Å²) in [5, 5.41) is 10.9. The van der Waals surface area contributed by atoms with Crippen molar-refractivity contribution in [1.82, 2.24) is 35.0 Å². The number of aromatic nitrogens is 6. The van der Waals surface area contributed by atoms with E-state index in [1.165, 1.54) is 12.3 Å². The van der Waals surface area contributed by atoms with E-state index in [2.05, 4.69) is 47.3 Å². The van der Waals surface area contributed by atoms with Gasteiger partial charge >= 0.3 is 0 Å². The zero-order valence-corrected chi connectivity index (χ0v) is 22.2. The number of nitrogens with zero attached hydrogens (tertiary/aromatic N) is 6. The third-order valence-electron chi connectivity index (χ3n) is 7.43. The minimum absolute atomic E-state index is 0.271. The number of benzene rings is 2. The van der Waals surface area contributed by atoms with Gasteiger partial charge in [0, 0.05) is 66.7 Å². The molecule has 204 valence electrons. The van der Waals surface area contributed by atoms with Gasteiger partial charge in [-0.15, -0.1) is 0 Å². The Bertz CT molecular complexity index is 1890. The van der Waals surface area contributed by atoms with Crippen LogP contribution in [0.2, 0.25) is 0 Å². The molecule has 41 heavy (non-hydrogen) atoms. The van der Waals surface area contributed by atoms with Gasteiger partial charge in [-0.3, -0.25) is 14.9 Å². The molecule has 1 amide bonds. The number of carbonyl (C=O) groups is 1. The van der Waals surface area contributed by atoms with Crippen molar-refractivity contribution in [2.45, 2.75) is 0 Å². The fourth-order valence-electron chi connectivity index (χ4n) is 5.21. The Morgan fingerprint density at radius 3 is 2.68 bits per heavy atom. The van der Waals surface area contributed by atoms with Gasteiger partial charge in [-0.25, -0.2) is 14.4 Å². The Hall–Kier alpha value is -5.16. The number of nitrogens with one attached hydrogen (secondary N) is 3. The Balaban J connectivity index is 1.24. The van der Waals surface area contributed by atoms with Gasteiger partial charge in [0.05, 0.1) is 23.1 Å². The van der Waals surface area contributed by atoms with Crippen molar-refractivity contribution < 1.29 is 9.18 Å². The second kappa shape index (κ2) is 10.1. The van der Waals surface area contributed by atoms with Crippen LogP contribution in [-0.2, 0) is 0 Å². The Kier molecular flexibility index (Phi) is 6.12. The van der Waals surface area contributed by atoms with Crippen molar-refractivity contribution in [2.75, 3.05) is 43.4 Å². The molecule has 0 atom stereocenters. The van der Waals surface area contributed by atoms with E-state index in [4.69, 9.17) is 4.98 Å². The molecule has 10 nitrogen and oxygen atoms in total. The van der Waals surface area contributed by atoms with Gasteiger partial charge < -0.3 is 20.1 Å². The van der Waals surface area contributed by atoms with Crippen LogP contribution in [-0.4, -0.2) is 74.2 Å². The molecule has 1 aliphatic heterocycles. The lowest BCUT2D eigenvalue weighted by molar-refractivity contribution is 0.102. The Labute approximate surface area is 234 Å². The summed E-state index contributed by atoms with van der Waals surface area (Å²) in [7, 11) is 2.13. The predicted molar refractivity (Wildman–Crippen MR) is 156 cm³/mol. The molecule has 2 aromatic carbocycles. The SMILES string of the molecule is CN1CCN(c2ccnc3nc(-c4n[nH]c5cc(F)c(-c6cncc(NC(=O)c7ccccc7)c6)cc45)[nH]c23)CC1. The molecule has 5 heterocycles. The summed E-state index contributed by atoms with van der Waals surface area (Å²) in [4.78, 5) is 34.2. The molecule has 1 saturated heterocycles. The van der Waals surface area contributed by atoms with E-state index in [1.54, 1.807) is 48.8 Å². The number of rotatable bonds is 5. The highest BCUT2D eigenvalue weighted by molar-refractivity contribution is 6.04. The van der Waals surface area contributed by atoms with E-state index < -0.39 is 5.82 Å². The lowest BCUT2D eigenvalue weighted by atomic mass is 10.0. The summed E-state index contributed by atoms with van der Waals surface area (Å²) >= 11 is 0. The van der Waals surface area contributed by atoms with Crippen molar-refractivity contribution in [2.24, 2.45) is 0 Å². The molecular weight excluding hydrogens is 521 g/mol. The van der Waals surface area contributed by atoms with Crippen LogP contribution in [0.1, 0.15) is 10.4 Å². The Morgan fingerprint density at radius 1 is 1.02 bits per heavy atom. The van der Waals surface area contributed by atoms with Crippen molar-refractivity contribution in [3.63, 3.8) is 0 Å². The highest BCUT2D eigenvalue weighted by atomic mass is 19.1. The first-order chi connectivity index (χ1) is 20.0. The number of imidazole rings is 1. The third-order valence-corrected chi connectivity index (χ3v) is 7.43. The fraction of sp³-hybridized carbons (Fsp3) is 0.167. The van der Waals surface area contributed by atoms with Gasteiger partial charge in [0.15, 0.2) is 11.5 Å². The van der Waals surface area contributed by atoms with Crippen molar-refractivity contribution in [3.8, 4) is 22.6 Å². The summed E-state index contributed by atoms with van der Waals surface area (Å²) in [6, 6.07) is 15.7. The number of likely N-dealkylation sites (N-methyl/N-ethyl adjacent to an activating group) is 1. The molecule has 0 spiro atoms. The van der Waals surface area contributed by atoms with Crippen LogP contribution in [0.25, 0.3) is 44.7 Å². The molecule has 11 heteroatoms. The second-order valence-corrected chi connectivity index (χ2v) is 10.1. The molecule has 4 aromatic heterocycles. The standard InChI is InChI=1S/C30H26FN9O/c1-39-9-11-40(12-10-39)25-7-8-33-28-27(25)35-29(36-28)26-22-14-21(23(31)15-24(22)37-38-26)19-13-20(17-32-16-19)34-30(41)18-5-3-2-4-6-18/h2-8,13-17H,9-12H2,1H3,(H,34,41)(H,37,38)(H,33,35,36). The van der Waals surface area contributed by atoms with Gasteiger partial charge in [-0.1, -0.05) is 18.2 Å². The van der Waals surface area contributed by atoms with Crippen LogP contribution >= 0.6 is 0 Å². The lowest BCUT2D eigenvalue weighted by Crippen LogP contribution is -2.44. The highest BCUT2D eigenvalue weighted by Gasteiger charge is 2.21. The minimum atomic E-state index is -0.440. The summed E-state index contributed by atoms with van der Waals surface area (Å²) in [6.45, 7) is 3.79. The van der Waals surface area contributed by atoms with Crippen molar-refractivity contribution in [1.29, 1.82) is 0 Å². The van der Waals surface area contributed by atoms with E-state index in [1.807, 2.05) is 12.1 Å². The largest absolute Gasteiger partial charge is 0.367 e. The summed E-state index contributed by atoms with van der Waals surface area (Å²) in [5.74, 6) is -0.170. The maximum Gasteiger partial charge on any atom is 0.255 e. The molecular formula is C30H26FN9O. The number of carbonyl (C=O) groups excluding carboxylic acids is 1. The number of anilines is 2. The number of halogens is 1. The van der Waals surface area contributed by atoms with Gasteiger partial charge in [0.1, 0.15) is 17.0 Å². The zero-order valence-electron chi connectivity index (χ0n) is 22.2. The molecule has 1 aliphatic rings. The first-order valence-electron chi connectivity index (χ1n) is 13.3. The maximum absolute atomic E-state index is 15.3. The summed E-state index contributed by atoms with van der Waals surface area (Å²) in [5.41, 5.74) is 5.42. The van der Waals surface area contributed by atoms with E-state index in [0.29, 0.717) is 50.4 Å². The molecule has 6 aromatic rings. The minimum Gasteiger partial charge on any atom is -0.367 e.